The van der Waals surface area contributed by atoms with Gasteiger partial charge in [0.2, 0.25) is 5.95 Å². The molecular weight excluding hydrogens is 209 g/mol. The molecule has 2 aromatic heterocycles. The molecule has 0 unspecified atom stereocenters. The van der Waals surface area contributed by atoms with Gasteiger partial charge in [-0.3, -0.25) is 0 Å². The fourth-order valence-corrected chi connectivity index (χ4v) is 0.996. The van der Waals surface area contributed by atoms with Crippen LogP contribution in [0.1, 0.15) is 5.69 Å². The second-order valence-electron chi connectivity index (χ2n) is 2.69. The Morgan fingerprint density at radius 3 is 2.33 bits per heavy atom. The van der Waals surface area contributed by atoms with E-state index in [9.17, 15) is 13.2 Å². The van der Waals surface area contributed by atoms with Gasteiger partial charge in [0.15, 0.2) is 5.69 Å². The van der Waals surface area contributed by atoms with Gasteiger partial charge in [0.1, 0.15) is 0 Å². The minimum absolute atomic E-state index is 0.105. The summed E-state index contributed by atoms with van der Waals surface area (Å²) in [5, 5.41) is 3.32. The average molecular weight is 214 g/mol. The molecule has 0 saturated carbocycles. The first-order valence-electron chi connectivity index (χ1n) is 3.97. The predicted molar refractivity (Wildman–Crippen MR) is 44.2 cm³/mol. The summed E-state index contributed by atoms with van der Waals surface area (Å²) < 4.78 is 37.6. The quantitative estimate of drug-likeness (QED) is 0.725. The van der Waals surface area contributed by atoms with E-state index in [1.54, 1.807) is 6.07 Å². The summed E-state index contributed by atoms with van der Waals surface area (Å²) in [6.07, 6.45) is -0.424. The number of alkyl halides is 3. The van der Waals surface area contributed by atoms with Gasteiger partial charge < -0.3 is 0 Å². The third-order valence-electron chi connectivity index (χ3n) is 1.64. The lowest BCUT2D eigenvalue weighted by molar-refractivity contribution is -0.141. The second-order valence-corrected chi connectivity index (χ2v) is 2.69. The summed E-state index contributed by atoms with van der Waals surface area (Å²) in [6, 6.07) is 2.44. The van der Waals surface area contributed by atoms with E-state index in [1.165, 1.54) is 12.4 Å². The van der Waals surface area contributed by atoms with Crippen molar-refractivity contribution in [2.45, 2.75) is 6.18 Å². The summed E-state index contributed by atoms with van der Waals surface area (Å²) in [5.74, 6) is 0.105. The van der Waals surface area contributed by atoms with Crippen molar-refractivity contribution in [2.75, 3.05) is 0 Å². The smallest absolute Gasteiger partial charge is 0.220 e. The first-order chi connectivity index (χ1) is 7.07. The zero-order valence-electron chi connectivity index (χ0n) is 7.31. The molecule has 0 saturated heterocycles. The molecule has 0 aromatic carbocycles. The maximum absolute atomic E-state index is 12.2. The van der Waals surface area contributed by atoms with Gasteiger partial charge in [-0.25, -0.2) is 14.6 Å². The topological polar surface area (TPSA) is 43.6 Å². The molecule has 0 aliphatic rings. The maximum atomic E-state index is 12.2. The van der Waals surface area contributed by atoms with Gasteiger partial charge in [0.25, 0.3) is 0 Å². The van der Waals surface area contributed by atoms with Crippen LogP contribution in [0.4, 0.5) is 13.2 Å². The van der Waals surface area contributed by atoms with Crippen molar-refractivity contribution in [1.82, 2.24) is 19.7 Å². The maximum Gasteiger partial charge on any atom is 0.435 e. The lowest BCUT2D eigenvalue weighted by atomic mass is 10.4. The Morgan fingerprint density at radius 1 is 1.13 bits per heavy atom. The van der Waals surface area contributed by atoms with E-state index >= 15 is 0 Å². The summed E-state index contributed by atoms with van der Waals surface area (Å²) in [4.78, 5) is 7.53. The molecule has 0 aliphatic heterocycles. The third-order valence-corrected chi connectivity index (χ3v) is 1.64. The highest BCUT2D eigenvalue weighted by Gasteiger charge is 2.33. The second kappa shape index (κ2) is 3.34. The van der Waals surface area contributed by atoms with Crippen molar-refractivity contribution in [3.8, 4) is 5.95 Å². The minimum atomic E-state index is -4.44. The van der Waals surface area contributed by atoms with Crippen LogP contribution in [0.3, 0.4) is 0 Å². The third kappa shape index (κ3) is 1.95. The SMILES string of the molecule is FC(F)(F)c1ccn(-c2ncccn2)n1. The number of hydrogen-bond donors (Lipinski definition) is 0. The Hall–Kier alpha value is -1.92. The van der Waals surface area contributed by atoms with Crippen LogP contribution in [0, 0.1) is 0 Å². The van der Waals surface area contributed by atoms with Crippen molar-refractivity contribution in [3.05, 3.63) is 36.4 Å². The van der Waals surface area contributed by atoms with Gasteiger partial charge in [-0.05, 0) is 12.1 Å². The Labute approximate surface area is 82.4 Å². The molecule has 0 amide bonds. The number of rotatable bonds is 1. The zero-order chi connectivity index (χ0) is 10.9. The summed E-state index contributed by atoms with van der Waals surface area (Å²) in [5.41, 5.74) is -0.963. The predicted octanol–water partition coefficient (Wildman–Crippen LogP) is 1.68. The Kier molecular flexibility index (Phi) is 2.14. The molecule has 0 fully saturated rings. The fourth-order valence-electron chi connectivity index (χ4n) is 0.996. The molecule has 0 aliphatic carbocycles. The molecule has 2 aromatic rings. The van der Waals surface area contributed by atoms with Crippen LogP contribution in [0.15, 0.2) is 30.7 Å². The van der Waals surface area contributed by atoms with Crippen LogP contribution in [0.25, 0.3) is 5.95 Å². The average Bonchev–Trinajstić information content (AvgIpc) is 2.67. The van der Waals surface area contributed by atoms with Crippen molar-refractivity contribution >= 4 is 0 Å². The molecular formula is C8H5F3N4. The van der Waals surface area contributed by atoms with E-state index in [4.69, 9.17) is 0 Å². The van der Waals surface area contributed by atoms with E-state index in [-0.39, 0.29) is 5.95 Å². The van der Waals surface area contributed by atoms with Gasteiger partial charge >= 0.3 is 6.18 Å². The van der Waals surface area contributed by atoms with Crippen LogP contribution in [-0.4, -0.2) is 19.7 Å². The zero-order valence-corrected chi connectivity index (χ0v) is 7.31. The van der Waals surface area contributed by atoms with Crippen LogP contribution < -0.4 is 0 Å². The molecule has 78 valence electrons. The molecule has 7 heteroatoms. The summed E-state index contributed by atoms with van der Waals surface area (Å²) in [7, 11) is 0. The van der Waals surface area contributed by atoms with E-state index in [0.717, 1.165) is 16.9 Å². The number of halogens is 3. The van der Waals surface area contributed by atoms with Crippen LogP contribution >= 0.6 is 0 Å². The lowest BCUT2D eigenvalue weighted by Crippen LogP contribution is -2.08. The summed E-state index contributed by atoms with van der Waals surface area (Å²) in [6.45, 7) is 0. The molecule has 2 rings (SSSR count). The lowest BCUT2D eigenvalue weighted by Gasteiger charge is -2.00. The van der Waals surface area contributed by atoms with Crippen LogP contribution in [0.2, 0.25) is 0 Å². The van der Waals surface area contributed by atoms with Crippen LogP contribution in [0.5, 0.6) is 0 Å². The highest BCUT2D eigenvalue weighted by molar-refractivity contribution is 5.12. The first-order valence-corrected chi connectivity index (χ1v) is 3.97. The van der Waals surface area contributed by atoms with Crippen molar-refractivity contribution < 1.29 is 13.2 Å². The normalized spacial score (nSPS) is 11.7. The van der Waals surface area contributed by atoms with Gasteiger partial charge in [-0.15, -0.1) is 0 Å². The number of nitrogens with zero attached hydrogens (tertiary/aromatic N) is 4. The Bertz CT molecular complexity index is 448. The van der Waals surface area contributed by atoms with E-state index in [1.807, 2.05) is 0 Å². The van der Waals surface area contributed by atoms with E-state index < -0.39 is 11.9 Å². The highest BCUT2D eigenvalue weighted by atomic mass is 19.4. The largest absolute Gasteiger partial charge is 0.435 e. The Balaban J connectivity index is 2.37. The molecule has 4 nitrogen and oxygen atoms in total. The highest BCUT2D eigenvalue weighted by Crippen LogP contribution is 2.27. The van der Waals surface area contributed by atoms with Crippen molar-refractivity contribution in [1.29, 1.82) is 0 Å². The standard InChI is InChI=1S/C8H5F3N4/c9-8(10,11)6-2-5-15(14-6)7-12-3-1-4-13-7/h1-5H. The van der Waals surface area contributed by atoms with E-state index in [0.29, 0.717) is 0 Å². The molecule has 0 radical (unpaired) electrons. The van der Waals surface area contributed by atoms with Gasteiger partial charge in [0, 0.05) is 18.6 Å². The molecule has 0 spiro atoms. The summed E-state index contributed by atoms with van der Waals surface area (Å²) >= 11 is 0. The van der Waals surface area contributed by atoms with Crippen LogP contribution in [-0.2, 0) is 6.18 Å². The molecule has 0 N–H and O–H groups in total. The fraction of sp³-hybridized carbons (Fsp3) is 0.125. The molecule has 15 heavy (non-hydrogen) atoms. The van der Waals surface area contributed by atoms with Gasteiger partial charge in [-0.2, -0.15) is 18.3 Å². The monoisotopic (exact) mass is 214 g/mol. The van der Waals surface area contributed by atoms with Gasteiger partial charge in [0.05, 0.1) is 0 Å². The van der Waals surface area contributed by atoms with Crippen molar-refractivity contribution in [2.24, 2.45) is 0 Å². The van der Waals surface area contributed by atoms with Crippen molar-refractivity contribution in [3.63, 3.8) is 0 Å². The number of aromatic nitrogens is 4. The van der Waals surface area contributed by atoms with E-state index in [2.05, 4.69) is 15.1 Å². The molecule has 2 heterocycles. The Morgan fingerprint density at radius 2 is 1.80 bits per heavy atom. The van der Waals surface area contributed by atoms with Gasteiger partial charge in [-0.1, -0.05) is 0 Å². The number of hydrogen-bond acceptors (Lipinski definition) is 3. The first kappa shape index (κ1) is 9.63. The molecule has 0 bridgehead atoms. The molecule has 0 atom stereocenters. The minimum Gasteiger partial charge on any atom is -0.220 e.